The number of rotatable bonds is 5. The van der Waals surface area contributed by atoms with E-state index in [0.717, 1.165) is 25.7 Å². The lowest BCUT2D eigenvalue weighted by molar-refractivity contribution is -0.152. The zero-order valence-electron chi connectivity index (χ0n) is 13.1. The minimum atomic E-state index is -0.901. The van der Waals surface area contributed by atoms with E-state index in [0.29, 0.717) is 17.8 Å². The highest BCUT2D eigenvalue weighted by atomic mass is 16.4. The van der Waals surface area contributed by atoms with E-state index in [1.807, 2.05) is 13.8 Å². The Labute approximate surface area is 126 Å². The van der Waals surface area contributed by atoms with E-state index in [9.17, 15) is 14.7 Å². The Morgan fingerprint density at radius 2 is 1.62 bits per heavy atom. The minimum absolute atomic E-state index is 0.0225. The van der Waals surface area contributed by atoms with Crippen molar-refractivity contribution in [3.63, 3.8) is 0 Å². The summed E-state index contributed by atoms with van der Waals surface area (Å²) in [5, 5.41) is 12.3. The zero-order valence-corrected chi connectivity index (χ0v) is 13.1. The first kappa shape index (κ1) is 14.9. The van der Waals surface area contributed by atoms with Crippen LogP contribution in [-0.2, 0) is 9.59 Å². The normalized spacial score (nSPS) is 39.8. The van der Waals surface area contributed by atoms with Crippen molar-refractivity contribution < 1.29 is 14.7 Å². The molecule has 4 aliphatic carbocycles. The van der Waals surface area contributed by atoms with Crippen LogP contribution in [0.3, 0.4) is 0 Å². The number of carboxylic acids is 1. The van der Waals surface area contributed by atoms with Crippen molar-refractivity contribution >= 4 is 11.9 Å². The summed E-state index contributed by atoms with van der Waals surface area (Å²) in [5.41, 5.74) is -0.254. The van der Waals surface area contributed by atoms with Crippen molar-refractivity contribution in [2.45, 2.75) is 64.8 Å². The quantitative estimate of drug-likeness (QED) is 0.819. The van der Waals surface area contributed by atoms with Gasteiger partial charge in [0, 0.05) is 5.41 Å². The molecule has 4 fully saturated rings. The second-order valence-corrected chi connectivity index (χ2v) is 7.87. The lowest BCUT2D eigenvalue weighted by atomic mass is 9.49. The summed E-state index contributed by atoms with van der Waals surface area (Å²) >= 11 is 0. The Balaban J connectivity index is 1.74. The van der Waals surface area contributed by atoms with Crippen LogP contribution >= 0.6 is 0 Å². The summed E-state index contributed by atoms with van der Waals surface area (Å²) in [6, 6.07) is -0.740. The van der Waals surface area contributed by atoms with Crippen molar-refractivity contribution in [3.05, 3.63) is 0 Å². The fourth-order valence-corrected chi connectivity index (χ4v) is 5.37. The highest BCUT2D eigenvalue weighted by Gasteiger charge is 2.55. The summed E-state index contributed by atoms with van der Waals surface area (Å²) < 4.78 is 0. The molecule has 4 bridgehead atoms. The van der Waals surface area contributed by atoms with Gasteiger partial charge in [0.1, 0.15) is 6.04 Å². The summed E-state index contributed by atoms with van der Waals surface area (Å²) in [7, 11) is 0. The van der Waals surface area contributed by atoms with Gasteiger partial charge in [-0.2, -0.15) is 0 Å². The van der Waals surface area contributed by atoms with Gasteiger partial charge in [-0.3, -0.25) is 4.79 Å². The molecule has 2 atom stereocenters. The molecule has 4 heteroatoms. The van der Waals surface area contributed by atoms with Crippen LogP contribution in [0.5, 0.6) is 0 Å². The number of aliphatic carboxylic acids is 1. The monoisotopic (exact) mass is 293 g/mol. The van der Waals surface area contributed by atoms with Gasteiger partial charge in [-0.1, -0.05) is 20.3 Å². The third kappa shape index (κ3) is 2.58. The number of carbonyl (C=O) groups excluding carboxylic acids is 1. The standard InChI is InChI=1S/C17H27NO3/c1-3-10(2)14(15(19)20)18-16(21)17-7-11-4-12(8-17)6-13(5-11)9-17/h10-14H,3-9H2,1-2H3,(H,18,21)(H,19,20)/t10?,11?,12?,13?,14-,17?/m0/s1. The van der Waals surface area contributed by atoms with E-state index in [1.54, 1.807) is 0 Å². The third-order valence-electron chi connectivity index (χ3n) is 6.29. The highest BCUT2D eigenvalue weighted by molar-refractivity contribution is 5.88. The molecule has 0 aromatic carbocycles. The van der Waals surface area contributed by atoms with E-state index >= 15 is 0 Å². The number of carbonyl (C=O) groups is 2. The van der Waals surface area contributed by atoms with E-state index in [2.05, 4.69) is 5.32 Å². The largest absolute Gasteiger partial charge is 0.480 e. The first-order chi connectivity index (χ1) is 9.93. The maximum absolute atomic E-state index is 12.9. The number of hydrogen-bond acceptors (Lipinski definition) is 2. The fourth-order valence-electron chi connectivity index (χ4n) is 5.37. The molecule has 21 heavy (non-hydrogen) atoms. The highest BCUT2D eigenvalue weighted by Crippen LogP contribution is 2.60. The van der Waals surface area contributed by atoms with Crippen LogP contribution in [-0.4, -0.2) is 23.0 Å². The summed E-state index contributed by atoms with van der Waals surface area (Å²) in [5.74, 6) is 1.20. The molecule has 4 aliphatic rings. The Bertz CT molecular complexity index is 410. The van der Waals surface area contributed by atoms with Crippen LogP contribution in [0.25, 0.3) is 0 Å². The maximum atomic E-state index is 12.9. The van der Waals surface area contributed by atoms with Crippen LogP contribution in [0.15, 0.2) is 0 Å². The fraction of sp³-hybridized carbons (Fsp3) is 0.882. The molecule has 0 aromatic heterocycles. The Morgan fingerprint density at radius 3 is 2.00 bits per heavy atom. The van der Waals surface area contributed by atoms with Gasteiger partial charge < -0.3 is 10.4 Å². The van der Waals surface area contributed by atoms with Gasteiger partial charge in [0.05, 0.1) is 0 Å². The first-order valence-electron chi connectivity index (χ1n) is 8.47. The summed E-state index contributed by atoms with van der Waals surface area (Å²) in [6.45, 7) is 3.87. The summed E-state index contributed by atoms with van der Waals surface area (Å²) in [6.07, 6.45) is 7.59. The molecule has 4 rings (SSSR count). The SMILES string of the molecule is CCC(C)[C@H](NC(=O)C12CC3CC(CC(C3)C1)C2)C(=O)O. The smallest absolute Gasteiger partial charge is 0.326 e. The van der Waals surface area contributed by atoms with E-state index in [1.165, 1.54) is 19.3 Å². The van der Waals surface area contributed by atoms with Crippen LogP contribution < -0.4 is 5.32 Å². The van der Waals surface area contributed by atoms with Crippen molar-refractivity contribution in [3.8, 4) is 0 Å². The van der Waals surface area contributed by atoms with Gasteiger partial charge in [0.2, 0.25) is 5.91 Å². The van der Waals surface area contributed by atoms with Gasteiger partial charge in [0.25, 0.3) is 0 Å². The van der Waals surface area contributed by atoms with E-state index in [4.69, 9.17) is 0 Å². The molecule has 0 heterocycles. The Kier molecular flexibility index (Phi) is 3.74. The molecule has 0 aliphatic heterocycles. The molecule has 118 valence electrons. The lowest BCUT2D eigenvalue weighted by Gasteiger charge is -2.55. The lowest BCUT2D eigenvalue weighted by Crippen LogP contribution is -2.57. The minimum Gasteiger partial charge on any atom is -0.480 e. The third-order valence-corrected chi connectivity index (χ3v) is 6.29. The van der Waals surface area contributed by atoms with E-state index < -0.39 is 12.0 Å². The van der Waals surface area contributed by atoms with Crippen molar-refractivity contribution in [1.82, 2.24) is 5.32 Å². The predicted molar refractivity (Wildman–Crippen MR) is 79.6 cm³/mol. The van der Waals surface area contributed by atoms with Crippen LogP contribution in [0.2, 0.25) is 0 Å². The number of carboxylic acid groups (broad SMARTS) is 1. The van der Waals surface area contributed by atoms with Crippen molar-refractivity contribution in [1.29, 1.82) is 0 Å². The van der Waals surface area contributed by atoms with Gasteiger partial charge >= 0.3 is 5.97 Å². The number of amides is 1. The molecular weight excluding hydrogens is 266 g/mol. The zero-order chi connectivity index (χ0) is 15.2. The number of nitrogens with one attached hydrogen (secondary N) is 1. The summed E-state index contributed by atoms with van der Waals surface area (Å²) in [4.78, 5) is 24.3. The molecule has 1 unspecified atom stereocenters. The molecule has 0 radical (unpaired) electrons. The van der Waals surface area contributed by atoms with Gasteiger partial charge in [-0.25, -0.2) is 4.79 Å². The molecule has 4 nitrogen and oxygen atoms in total. The van der Waals surface area contributed by atoms with Crippen LogP contribution in [0, 0.1) is 29.1 Å². The molecule has 4 saturated carbocycles. The Hall–Kier alpha value is -1.06. The maximum Gasteiger partial charge on any atom is 0.326 e. The van der Waals surface area contributed by atoms with E-state index in [-0.39, 0.29) is 17.2 Å². The predicted octanol–water partition coefficient (Wildman–Crippen LogP) is 2.82. The topological polar surface area (TPSA) is 66.4 Å². The average molecular weight is 293 g/mol. The van der Waals surface area contributed by atoms with Crippen molar-refractivity contribution in [2.24, 2.45) is 29.1 Å². The molecule has 2 N–H and O–H groups in total. The van der Waals surface area contributed by atoms with Crippen LogP contribution in [0.4, 0.5) is 0 Å². The molecular formula is C17H27NO3. The molecule has 0 saturated heterocycles. The second-order valence-electron chi connectivity index (χ2n) is 7.87. The number of hydrogen-bond donors (Lipinski definition) is 2. The van der Waals surface area contributed by atoms with Crippen molar-refractivity contribution in [2.75, 3.05) is 0 Å². The molecule has 0 spiro atoms. The van der Waals surface area contributed by atoms with Gasteiger partial charge in [-0.15, -0.1) is 0 Å². The molecule has 0 aromatic rings. The van der Waals surface area contributed by atoms with Gasteiger partial charge in [0.15, 0.2) is 0 Å². The Morgan fingerprint density at radius 1 is 1.14 bits per heavy atom. The molecule has 1 amide bonds. The van der Waals surface area contributed by atoms with Gasteiger partial charge in [-0.05, 0) is 62.2 Å². The van der Waals surface area contributed by atoms with Crippen LogP contribution in [0.1, 0.15) is 58.8 Å². The average Bonchev–Trinajstić information content (AvgIpc) is 2.41. The second kappa shape index (κ2) is 5.29. The first-order valence-corrected chi connectivity index (χ1v) is 8.47.